The number of hydrogen-bond donors (Lipinski definition) is 1. The summed E-state index contributed by atoms with van der Waals surface area (Å²) in [6, 6.07) is 0. The number of likely N-dealkylation sites (N-methyl/N-ethyl adjacent to an activating group) is 1. The summed E-state index contributed by atoms with van der Waals surface area (Å²) in [5.74, 6) is -2.00. The highest BCUT2D eigenvalue weighted by atomic mass is 16.7. The third kappa shape index (κ3) is 41.7. The summed E-state index contributed by atoms with van der Waals surface area (Å²) in [6.07, 6.45) is 41.0. The van der Waals surface area contributed by atoms with Crippen molar-refractivity contribution in [2.45, 2.75) is 219 Å². The molecule has 1 N–H and O–H groups in total. The lowest BCUT2D eigenvalue weighted by Gasteiger charge is -2.25. The molecule has 2 unspecified atom stereocenters. The maximum Gasteiger partial charge on any atom is 0.361 e. The first-order chi connectivity index (χ1) is 27.6. The molecule has 9 heteroatoms. The zero-order valence-electron chi connectivity index (χ0n) is 37.8. The van der Waals surface area contributed by atoms with Crippen LogP contribution in [-0.4, -0.2) is 87.4 Å². The van der Waals surface area contributed by atoms with Gasteiger partial charge in [-0.05, 0) is 44.9 Å². The van der Waals surface area contributed by atoms with Gasteiger partial charge in [0, 0.05) is 12.8 Å². The van der Waals surface area contributed by atoms with Gasteiger partial charge in [0.05, 0.1) is 34.4 Å². The van der Waals surface area contributed by atoms with E-state index in [0.29, 0.717) is 17.4 Å². The number of aliphatic carboxylic acids is 1. The van der Waals surface area contributed by atoms with Crippen molar-refractivity contribution in [3.8, 4) is 0 Å². The Morgan fingerprint density at radius 2 is 0.947 bits per heavy atom. The maximum absolute atomic E-state index is 12.8. The molecule has 0 bridgehead atoms. The van der Waals surface area contributed by atoms with Crippen LogP contribution in [0, 0.1) is 0 Å². The minimum Gasteiger partial charge on any atom is -0.477 e. The van der Waals surface area contributed by atoms with Crippen molar-refractivity contribution in [3.05, 3.63) is 24.3 Å². The highest BCUT2D eigenvalue weighted by Crippen LogP contribution is 2.15. The first-order valence-electron chi connectivity index (χ1n) is 23.5. The Morgan fingerprint density at radius 3 is 1.39 bits per heavy atom. The van der Waals surface area contributed by atoms with Crippen molar-refractivity contribution in [2.75, 3.05) is 47.5 Å². The molecule has 0 amide bonds. The number of carbonyl (C=O) groups excluding carboxylic acids is 2. The molecular formula is C48H90NO8+. The lowest BCUT2D eigenvalue weighted by Crippen LogP contribution is -2.40. The van der Waals surface area contributed by atoms with E-state index in [-0.39, 0.29) is 32.2 Å². The number of ether oxygens (including phenoxy) is 4. The second-order valence-corrected chi connectivity index (χ2v) is 17.1. The Balaban J connectivity index is 4.27. The van der Waals surface area contributed by atoms with Crippen LogP contribution in [0.4, 0.5) is 0 Å². The monoisotopic (exact) mass is 809 g/mol. The number of quaternary nitrogens is 1. The molecule has 0 saturated carbocycles. The highest BCUT2D eigenvalue weighted by molar-refractivity contribution is 5.71. The molecule has 0 aromatic carbocycles. The topological polar surface area (TPSA) is 108 Å². The molecule has 0 rings (SSSR count). The van der Waals surface area contributed by atoms with Crippen LogP contribution < -0.4 is 0 Å². The van der Waals surface area contributed by atoms with Crippen LogP contribution in [0.3, 0.4) is 0 Å². The summed E-state index contributed by atoms with van der Waals surface area (Å²) in [4.78, 5) is 37.0. The number of rotatable bonds is 43. The van der Waals surface area contributed by atoms with Gasteiger partial charge in [-0.3, -0.25) is 9.59 Å². The van der Waals surface area contributed by atoms with Gasteiger partial charge in [-0.1, -0.05) is 173 Å². The molecule has 0 radical (unpaired) electrons. The van der Waals surface area contributed by atoms with Crippen LogP contribution in [0.25, 0.3) is 0 Å². The van der Waals surface area contributed by atoms with E-state index in [1.165, 1.54) is 135 Å². The van der Waals surface area contributed by atoms with Gasteiger partial charge in [-0.2, -0.15) is 0 Å². The van der Waals surface area contributed by atoms with Gasteiger partial charge in [-0.25, -0.2) is 4.79 Å². The van der Waals surface area contributed by atoms with E-state index >= 15 is 0 Å². The van der Waals surface area contributed by atoms with Gasteiger partial charge in [0.2, 0.25) is 0 Å². The fourth-order valence-corrected chi connectivity index (χ4v) is 6.51. The number of carboxylic acids is 1. The molecule has 0 aromatic heterocycles. The lowest BCUT2D eigenvalue weighted by molar-refractivity contribution is -0.870. The second-order valence-electron chi connectivity index (χ2n) is 17.1. The minimum atomic E-state index is -1.50. The molecule has 2 atom stereocenters. The van der Waals surface area contributed by atoms with Crippen LogP contribution in [0.2, 0.25) is 0 Å². The molecule has 0 aliphatic heterocycles. The van der Waals surface area contributed by atoms with Gasteiger partial charge >= 0.3 is 17.9 Å². The summed E-state index contributed by atoms with van der Waals surface area (Å²) in [5, 5.41) is 9.62. The predicted octanol–water partition coefficient (Wildman–Crippen LogP) is 12.4. The quantitative estimate of drug-likeness (QED) is 0.0213. The van der Waals surface area contributed by atoms with Gasteiger partial charge in [0.25, 0.3) is 6.29 Å². The van der Waals surface area contributed by atoms with E-state index in [1.54, 1.807) is 0 Å². The molecule has 0 aromatic rings. The molecule has 57 heavy (non-hydrogen) atoms. The van der Waals surface area contributed by atoms with Crippen molar-refractivity contribution in [2.24, 2.45) is 0 Å². The minimum absolute atomic E-state index is 0.179. The molecule has 0 aliphatic carbocycles. The van der Waals surface area contributed by atoms with Crippen molar-refractivity contribution in [1.82, 2.24) is 0 Å². The molecule has 0 spiro atoms. The van der Waals surface area contributed by atoms with E-state index < -0.39 is 24.3 Å². The fourth-order valence-electron chi connectivity index (χ4n) is 6.51. The Labute approximate surface area is 350 Å². The highest BCUT2D eigenvalue weighted by Gasteiger charge is 2.25. The van der Waals surface area contributed by atoms with Crippen LogP contribution in [-0.2, 0) is 33.3 Å². The molecule has 0 saturated heterocycles. The maximum atomic E-state index is 12.8. The average Bonchev–Trinajstić information content (AvgIpc) is 3.17. The fraction of sp³-hybridized carbons (Fsp3) is 0.854. The number of esters is 2. The number of carboxylic acid groups (broad SMARTS) is 1. The molecular weight excluding hydrogens is 719 g/mol. The third-order valence-corrected chi connectivity index (χ3v) is 10.2. The summed E-state index contributed by atoms with van der Waals surface area (Å²) in [5.41, 5.74) is 0. The Bertz CT molecular complexity index is 991. The Hall–Kier alpha value is -2.23. The zero-order valence-corrected chi connectivity index (χ0v) is 37.8. The van der Waals surface area contributed by atoms with Gasteiger partial charge in [-0.15, -0.1) is 0 Å². The molecule has 9 nitrogen and oxygen atoms in total. The summed E-state index contributed by atoms with van der Waals surface area (Å²) in [7, 11) is 5.95. The molecule has 0 fully saturated rings. The second kappa shape index (κ2) is 40.5. The number of carbonyl (C=O) groups is 3. The number of allylic oxidation sites excluding steroid dienone is 4. The Morgan fingerprint density at radius 1 is 0.526 bits per heavy atom. The SMILES string of the molecule is CCCCCCC/C=C\C/C=C\CCCCCCCCCCCCCC(=O)OC(COC(=O)CCCCCCCCCCC)COC(OCC[N+](C)(C)C)C(=O)O. The van der Waals surface area contributed by atoms with Crippen molar-refractivity contribution < 1.29 is 42.9 Å². The summed E-state index contributed by atoms with van der Waals surface area (Å²) in [6.45, 7) is 4.85. The standard InChI is InChI=1S/C48H89NO8/c1-6-8-10-12-14-16-17-18-19-20-21-22-23-24-25-26-27-28-29-31-33-35-37-39-46(51)57-44(43-56-48(47(52)53)54-41-40-49(3,4)5)42-55-45(50)38-36-34-32-30-15-13-11-9-7-2/h17-18,20-21,44,48H,6-16,19,22-43H2,1-5H3/p+1/b18-17-,21-20-. The van der Waals surface area contributed by atoms with Crippen molar-refractivity contribution in [3.63, 3.8) is 0 Å². The van der Waals surface area contributed by atoms with Gasteiger partial charge < -0.3 is 28.5 Å². The van der Waals surface area contributed by atoms with E-state index in [1.807, 2.05) is 21.1 Å². The number of unbranched alkanes of at least 4 members (excludes halogenated alkanes) is 24. The van der Waals surface area contributed by atoms with E-state index in [4.69, 9.17) is 18.9 Å². The third-order valence-electron chi connectivity index (χ3n) is 10.2. The summed E-state index contributed by atoms with van der Waals surface area (Å²) < 4.78 is 22.7. The largest absolute Gasteiger partial charge is 0.477 e. The Kier molecular flexibility index (Phi) is 39.0. The van der Waals surface area contributed by atoms with Crippen molar-refractivity contribution >= 4 is 17.9 Å². The first-order valence-corrected chi connectivity index (χ1v) is 23.5. The number of nitrogens with zero attached hydrogens (tertiary/aromatic N) is 1. The first kappa shape index (κ1) is 54.8. The van der Waals surface area contributed by atoms with Crippen LogP contribution >= 0.6 is 0 Å². The lowest BCUT2D eigenvalue weighted by atomic mass is 10.0. The van der Waals surface area contributed by atoms with E-state index in [9.17, 15) is 19.5 Å². The average molecular weight is 809 g/mol. The molecule has 0 aliphatic rings. The van der Waals surface area contributed by atoms with Gasteiger partial charge in [0.15, 0.2) is 6.10 Å². The van der Waals surface area contributed by atoms with Crippen LogP contribution in [0.15, 0.2) is 24.3 Å². The molecule has 334 valence electrons. The predicted molar refractivity (Wildman–Crippen MR) is 235 cm³/mol. The summed E-state index contributed by atoms with van der Waals surface area (Å²) >= 11 is 0. The molecule has 0 heterocycles. The number of hydrogen-bond acceptors (Lipinski definition) is 7. The van der Waals surface area contributed by atoms with Crippen LogP contribution in [0.5, 0.6) is 0 Å². The van der Waals surface area contributed by atoms with E-state index in [2.05, 4.69) is 38.2 Å². The van der Waals surface area contributed by atoms with E-state index in [0.717, 1.165) is 44.9 Å². The zero-order chi connectivity index (χ0) is 42.1. The smallest absolute Gasteiger partial charge is 0.361 e. The van der Waals surface area contributed by atoms with Gasteiger partial charge in [0.1, 0.15) is 13.2 Å². The van der Waals surface area contributed by atoms with Crippen LogP contribution in [0.1, 0.15) is 206 Å². The van der Waals surface area contributed by atoms with Crippen molar-refractivity contribution in [1.29, 1.82) is 0 Å². The normalized spacial score (nSPS) is 13.1.